The number of carbonyl (C=O) groups is 5. The molecule has 0 aromatic rings. The van der Waals surface area contributed by atoms with Gasteiger partial charge in [-0.25, -0.2) is 0 Å². The van der Waals surface area contributed by atoms with Gasteiger partial charge in [-0.3, -0.25) is 24.0 Å². The lowest BCUT2D eigenvalue weighted by molar-refractivity contribution is -0.139. The number of carbonyl (C=O) groups excluding carboxylic acids is 3. The first-order chi connectivity index (χ1) is 11.5. The molecule has 0 unspecified atom stereocenters. The number of aliphatic hydroxyl groups is 1. The molecule has 10 nitrogen and oxygen atoms in total. The Morgan fingerprint density at radius 2 is 1.68 bits per heavy atom. The molecule has 0 aliphatic rings. The topological polar surface area (TPSA) is 184 Å². The fourth-order valence-corrected chi connectivity index (χ4v) is 2.42. The highest BCUT2D eigenvalue weighted by Gasteiger charge is 2.24. The molecule has 6 N–H and O–H groups in total. The number of nitrogens with one attached hydrogen (secondary N) is 1. The van der Waals surface area contributed by atoms with Gasteiger partial charge in [0.15, 0.2) is 5.78 Å². The summed E-state index contributed by atoms with van der Waals surface area (Å²) in [5, 5.41) is 28.1. The molecule has 0 saturated carbocycles. The highest BCUT2D eigenvalue weighted by Crippen LogP contribution is 2.11. The summed E-state index contributed by atoms with van der Waals surface area (Å²) >= 11 is 0.636. The Kier molecular flexibility index (Phi) is 10.6. The van der Waals surface area contributed by atoms with Crippen molar-refractivity contribution in [3.05, 3.63) is 0 Å². The molecule has 1 amide bonds. The number of nitrogens with two attached hydrogens (primary N) is 1. The van der Waals surface area contributed by atoms with E-state index in [1.54, 1.807) is 0 Å². The van der Waals surface area contributed by atoms with Gasteiger partial charge in [-0.15, -0.1) is 0 Å². The Morgan fingerprint density at radius 3 is 2.16 bits per heavy atom. The minimum atomic E-state index is -1.26. The number of aliphatic carboxylic acids is 2. The molecule has 0 bridgehead atoms. The van der Waals surface area contributed by atoms with Crippen molar-refractivity contribution in [2.75, 3.05) is 5.75 Å². The molecule has 0 aromatic carbocycles. The Labute approximate surface area is 148 Å². The van der Waals surface area contributed by atoms with Crippen molar-refractivity contribution in [1.82, 2.24) is 5.32 Å². The van der Waals surface area contributed by atoms with Gasteiger partial charge in [0, 0.05) is 18.6 Å². The Hall–Kier alpha value is -1.98. The number of hydrogen-bond acceptors (Lipinski definition) is 8. The Balaban J connectivity index is 4.72. The number of aliphatic hydroxyl groups excluding tert-OH is 1. The van der Waals surface area contributed by atoms with Gasteiger partial charge in [-0.2, -0.15) is 0 Å². The maximum Gasteiger partial charge on any atom is 0.320 e. The molecule has 0 aliphatic carbocycles. The third kappa shape index (κ3) is 10.5. The van der Waals surface area contributed by atoms with Crippen LogP contribution in [0.1, 0.15) is 32.6 Å². The van der Waals surface area contributed by atoms with Crippen molar-refractivity contribution < 1.29 is 39.3 Å². The first-order valence-electron chi connectivity index (χ1n) is 7.41. The minimum Gasteiger partial charge on any atom is -0.481 e. The molecule has 25 heavy (non-hydrogen) atoms. The molecular weight excluding hydrogens is 356 g/mol. The largest absolute Gasteiger partial charge is 0.481 e. The van der Waals surface area contributed by atoms with E-state index in [-0.39, 0.29) is 25.0 Å². The molecule has 0 aromatic heterocycles. The van der Waals surface area contributed by atoms with Gasteiger partial charge >= 0.3 is 11.9 Å². The molecule has 3 atom stereocenters. The summed E-state index contributed by atoms with van der Waals surface area (Å²) in [5.41, 5.74) is 5.28. The second-order valence-corrected chi connectivity index (χ2v) is 6.29. The van der Waals surface area contributed by atoms with E-state index < -0.39 is 53.4 Å². The Bertz CT molecular complexity index is 523. The van der Waals surface area contributed by atoms with Crippen LogP contribution in [0.15, 0.2) is 0 Å². The monoisotopic (exact) mass is 378 g/mol. The third-order valence-corrected chi connectivity index (χ3v) is 4.17. The maximum atomic E-state index is 12.0. The summed E-state index contributed by atoms with van der Waals surface area (Å²) in [6, 6.07) is -2.35. The van der Waals surface area contributed by atoms with Crippen LogP contribution in [0.4, 0.5) is 0 Å². The predicted octanol–water partition coefficient (Wildman–Crippen LogP) is -1.26. The van der Waals surface area contributed by atoms with Crippen molar-refractivity contribution in [3.8, 4) is 0 Å². The van der Waals surface area contributed by atoms with E-state index in [4.69, 9.17) is 21.1 Å². The Morgan fingerprint density at radius 1 is 1.08 bits per heavy atom. The van der Waals surface area contributed by atoms with Crippen molar-refractivity contribution in [1.29, 1.82) is 0 Å². The molecule has 0 radical (unpaired) electrons. The number of hydrogen-bond donors (Lipinski definition) is 5. The molecular formula is C14H22N2O8S. The summed E-state index contributed by atoms with van der Waals surface area (Å²) in [5.74, 6) is -3.84. The number of ketones is 1. The number of carboxylic acids is 2. The molecule has 0 heterocycles. The fourth-order valence-electron chi connectivity index (χ4n) is 1.58. The highest BCUT2D eigenvalue weighted by molar-refractivity contribution is 8.13. The zero-order valence-electron chi connectivity index (χ0n) is 13.6. The molecule has 11 heteroatoms. The molecule has 0 saturated heterocycles. The highest BCUT2D eigenvalue weighted by atomic mass is 32.2. The quantitative estimate of drug-likeness (QED) is 0.274. The first-order valence-corrected chi connectivity index (χ1v) is 8.40. The van der Waals surface area contributed by atoms with Crippen molar-refractivity contribution >= 4 is 40.5 Å². The number of Topliss-reactive ketones (excluding diaryl/α,β-unsaturated/α-hetero) is 1. The number of rotatable bonds is 12. The number of carboxylic acid groups (broad SMARTS) is 2. The van der Waals surface area contributed by atoms with Gasteiger partial charge in [-0.1, -0.05) is 11.8 Å². The van der Waals surface area contributed by atoms with Crippen LogP contribution in [0, 0.1) is 0 Å². The van der Waals surface area contributed by atoms with Crippen molar-refractivity contribution in [2.24, 2.45) is 5.73 Å². The second-order valence-electron chi connectivity index (χ2n) is 5.27. The maximum absolute atomic E-state index is 12.0. The van der Waals surface area contributed by atoms with Gasteiger partial charge < -0.3 is 26.4 Å². The fraction of sp³-hybridized carbons (Fsp3) is 0.643. The van der Waals surface area contributed by atoms with Crippen LogP contribution in [0.3, 0.4) is 0 Å². The predicted molar refractivity (Wildman–Crippen MR) is 87.8 cm³/mol. The standard InChI is InChI=1S/C14H22N2O8S/c1-7(17)14(24)25-6-9(10(18)3-5-12(20)21)16-11(19)4-2-8(15)13(22)23/h7-9,17H,2-6,15H2,1H3,(H,16,19)(H,20,21)(H,22,23)/t7-,8-,9-/m0/s1. The lowest BCUT2D eigenvalue weighted by atomic mass is 10.1. The lowest BCUT2D eigenvalue weighted by Crippen LogP contribution is -2.44. The van der Waals surface area contributed by atoms with Crippen molar-refractivity contribution in [2.45, 2.75) is 50.8 Å². The zero-order valence-corrected chi connectivity index (χ0v) is 14.5. The van der Waals surface area contributed by atoms with E-state index in [9.17, 15) is 24.0 Å². The third-order valence-electron chi connectivity index (χ3n) is 3.04. The molecule has 0 aliphatic heterocycles. The second kappa shape index (κ2) is 11.6. The molecule has 0 rings (SSSR count). The van der Waals surface area contributed by atoms with E-state index in [2.05, 4.69) is 5.32 Å². The van der Waals surface area contributed by atoms with Crippen LogP contribution in [0.25, 0.3) is 0 Å². The van der Waals surface area contributed by atoms with Crippen LogP contribution in [-0.4, -0.2) is 68.0 Å². The smallest absolute Gasteiger partial charge is 0.320 e. The van der Waals surface area contributed by atoms with Crippen LogP contribution in [-0.2, 0) is 24.0 Å². The molecule has 0 fully saturated rings. The first kappa shape index (κ1) is 23.0. The van der Waals surface area contributed by atoms with Gasteiger partial charge in [0.1, 0.15) is 12.1 Å². The van der Waals surface area contributed by atoms with Gasteiger partial charge in [0.05, 0.1) is 12.5 Å². The molecule has 0 spiro atoms. The average Bonchev–Trinajstić information content (AvgIpc) is 2.53. The zero-order chi connectivity index (χ0) is 19.6. The van der Waals surface area contributed by atoms with E-state index in [0.717, 1.165) is 0 Å². The van der Waals surface area contributed by atoms with E-state index in [1.807, 2.05) is 0 Å². The summed E-state index contributed by atoms with van der Waals surface area (Å²) in [6.45, 7) is 1.25. The van der Waals surface area contributed by atoms with E-state index >= 15 is 0 Å². The SMILES string of the molecule is C[C@H](O)C(=O)SC[C@H](NC(=O)CC[C@H](N)C(=O)O)C(=O)CCC(=O)O. The summed E-state index contributed by atoms with van der Waals surface area (Å²) in [7, 11) is 0. The van der Waals surface area contributed by atoms with Crippen LogP contribution in [0.5, 0.6) is 0 Å². The van der Waals surface area contributed by atoms with Gasteiger partial charge in [0.25, 0.3) is 0 Å². The number of amides is 1. The van der Waals surface area contributed by atoms with Crippen LogP contribution >= 0.6 is 11.8 Å². The average molecular weight is 378 g/mol. The van der Waals surface area contributed by atoms with Gasteiger partial charge in [0.2, 0.25) is 11.0 Å². The lowest BCUT2D eigenvalue weighted by Gasteiger charge is -2.17. The van der Waals surface area contributed by atoms with E-state index in [1.165, 1.54) is 6.92 Å². The van der Waals surface area contributed by atoms with Crippen molar-refractivity contribution in [3.63, 3.8) is 0 Å². The van der Waals surface area contributed by atoms with Crippen LogP contribution in [0.2, 0.25) is 0 Å². The normalized spacial score (nSPS) is 14.2. The van der Waals surface area contributed by atoms with E-state index in [0.29, 0.717) is 11.8 Å². The minimum absolute atomic E-state index is 0.142. The summed E-state index contributed by atoms with van der Waals surface area (Å²) < 4.78 is 0. The van der Waals surface area contributed by atoms with Crippen LogP contribution < -0.4 is 11.1 Å². The van der Waals surface area contributed by atoms with Gasteiger partial charge in [-0.05, 0) is 13.3 Å². The molecule has 142 valence electrons. The summed E-state index contributed by atoms with van der Waals surface area (Å²) in [6.07, 6.45) is -2.39. The number of thioether (sulfide) groups is 1. The summed E-state index contributed by atoms with van der Waals surface area (Å²) in [4.78, 5) is 56.4.